The number of hydrogen-bond acceptors (Lipinski definition) is 6. The van der Waals surface area contributed by atoms with E-state index in [9.17, 15) is 15.3 Å². The smallest absolute Gasteiger partial charge is 0.305 e. The van der Waals surface area contributed by atoms with E-state index < -0.39 is 5.97 Å². The molecule has 3 heterocycles. The summed E-state index contributed by atoms with van der Waals surface area (Å²) in [6.45, 7) is 0. The zero-order valence-electron chi connectivity index (χ0n) is 47.9. The highest BCUT2D eigenvalue weighted by Gasteiger charge is 2.28. The van der Waals surface area contributed by atoms with Crippen LogP contribution in [0.25, 0.3) is 145 Å². The molecule has 0 radical (unpaired) electrons. The molecule has 3 N–H and O–H groups in total. The van der Waals surface area contributed by atoms with Crippen molar-refractivity contribution in [1.82, 2.24) is 15.0 Å². The van der Waals surface area contributed by atoms with Crippen LogP contribution >= 0.6 is 0 Å². The van der Waals surface area contributed by atoms with E-state index in [1.165, 1.54) is 0 Å². The van der Waals surface area contributed by atoms with E-state index in [1.54, 1.807) is 12.3 Å². The normalized spacial score (nSPS) is 11.4. The summed E-state index contributed by atoms with van der Waals surface area (Å²) >= 11 is 0. The molecule has 6 heteroatoms. The molecule has 0 unspecified atom stereocenters. The van der Waals surface area contributed by atoms with Crippen LogP contribution in [0.4, 0.5) is 0 Å². The number of nitrogens with zero attached hydrogens (tertiary/aromatic N) is 3. The molecule has 11 aromatic carbocycles. The van der Waals surface area contributed by atoms with E-state index in [0.717, 1.165) is 128 Å². The summed E-state index contributed by atoms with van der Waals surface area (Å²) < 4.78 is 0. The van der Waals surface area contributed by atoms with Crippen molar-refractivity contribution < 1.29 is 15.3 Å². The van der Waals surface area contributed by atoms with Crippen LogP contribution in [0.1, 0.15) is 5.56 Å². The van der Waals surface area contributed by atoms with Gasteiger partial charge in [-0.3, -0.25) is 15.0 Å². The van der Waals surface area contributed by atoms with Gasteiger partial charge in [-0.25, -0.2) is 0 Å². The number of aliphatic hydroxyl groups is 3. The third-order valence-electron chi connectivity index (χ3n) is 16.4. The Labute approximate surface area is 512 Å². The Kier molecular flexibility index (Phi) is 14.9. The predicted octanol–water partition coefficient (Wildman–Crippen LogP) is 19.6. The molecule has 0 bridgehead atoms. The number of rotatable bonds is 14. The maximum Gasteiger partial charge on any atom is 0.305 e. The summed E-state index contributed by atoms with van der Waals surface area (Å²) in [7, 11) is 0. The van der Waals surface area contributed by atoms with E-state index in [-0.39, 0.29) is 5.56 Å². The molecule has 14 aromatic rings. The topological polar surface area (TPSA) is 99.4 Å². The van der Waals surface area contributed by atoms with Crippen LogP contribution < -0.4 is 0 Å². The minimum Gasteiger partial charge on any atom is -0.340 e. The largest absolute Gasteiger partial charge is 0.340 e. The molecule has 0 fully saturated rings. The summed E-state index contributed by atoms with van der Waals surface area (Å²) in [6.07, 6.45) is 5.27. The standard InChI is InChI=1S/C82H57N3O3/c86-82(87,88)78-53-81(85-54-77(78)58-29-11-4-12-30-58)61-41-44-73(76(52-61)57-27-9-3-10-28-57)70-36-18-15-33-67(70)64-48-62(65-31-13-16-34-68(65)71-42-39-59(79-37-19-21-45-83-79)50-74(71)55-23-5-1-6-24-55)47-63(49-64)66-32-14-17-35-69(66)72-43-40-60(80-38-20-22-46-84-80)51-75(72)56-25-7-2-8-26-56/h1-54,86-88H. The highest BCUT2D eigenvalue weighted by Crippen LogP contribution is 2.48. The molecule has 0 atom stereocenters. The van der Waals surface area contributed by atoms with Crippen molar-refractivity contribution in [1.29, 1.82) is 0 Å². The molecule has 0 aliphatic rings. The Hall–Kier alpha value is -11.3. The van der Waals surface area contributed by atoms with Gasteiger partial charge in [0, 0.05) is 40.8 Å². The van der Waals surface area contributed by atoms with Crippen molar-refractivity contribution in [2.24, 2.45) is 0 Å². The first-order chi connectivity index (χ1) is 43.3. The van der Waals surface area contributed by atoms with Gasteiger partial charge >= 0.3 is 5.97 Å². The van der Waals surface area contributed by atoms with Gasteiger partial charge in [-0.1, -0.05) is 243 Å². The fourth-order valence-electron chi connectivity index (χ4n) is 12.2. The molecule has 0 saturated carbocycles. The highest BCUT2D eigenvalue weighted by molar-refractivity contribution is 6.00. The minimum atomic E-state index is -3.12. The number of aromatic nitrogens is 3. The Morgan fingerprint density at radius 1 is 0.193 bits per heavy atom. The van der Waals surface area contributed by atoms with Gasteiger partial charge in [-0.15, -0.1) is 0 Å². The summed E-state index contributed by atoms with van der Waals surface area (Å²) in [4.78, 5) is 14.4. The Balaban J connectivity index is 0.984. The summed E-state index contributed by atoms with van der Waals surface area (Å²) in [6, 6.07) is 107. The van der Waals surface area contributed by atoms with Gasteiger partial charge in [0.2, 0.25) is 0 Å². The third-order valence-corrected chi connectivity index (χ3v) is 16.4. The van der Waals surface area contributed by atoms with Crippen molar-refractivity contribution in [3.05, 3.63) is 334 Å². The van der Waals surface area contributed by atoms with Gasteiger partial charge < -0.3 is 15.3 Å². The number of pyridine rings is 3. The van der Waals surface area contributed by atoms with E-state index in [1.807, 2.05) is 91.3 Å². The molecule has 0 amide bonds. The first-order valence-corrected chi connectivity index (χ1v) is 29.4. The van der Waals surface area contributed by atoms with Gasteiger partial charge in [0.25, 0.3) is 0 Å². The number of hydrogen-bond donors (Lipinski definition) is 3. The maximum atomic E-state index is 10.8. The Morgan fingerprint density at radius 2 is 0.489 bits per heavy atom. The van der Waals surface area contributed by atoms with Crippen molar-refractivity contribution in [2.75, 3.05) is 0 Å². The summed E-state index contributed by atoms with van der Waals surface area (Å²) in [5.74, 6) is -3.12. The lowest BCUT2D eigenvalue weighted by molar-refractivity contribution is -0.323. The first kappa shape index (κ1) is 54.7. The minimum absolute atomic E-state index is 0.0752. The first-order valence-electron chi connectivity index (χ1n) is 29.4. The molecule has 0 spiro atoms. The third kappa shape index (κ3) is 11.1. The van der Waals surface area contributed by atoms with Crippen molar-refractivity contribution in [3.8, 4) is 145 Å². The molecule has 418 valence electrons. The van der Waals surface area contributed by atoms with Crippen LogP contribution in [0.2, 0.25) is 0 Å². The molecule has 0 aliphatic carbocycles. The predicted molar refractivity (Wildman–Crippen MR) is 359 cm³/mol. The van der Waals surface area contributed by atoms with Gasteiger partial charge in [-0.2, -0.15) is 0 Å². The molecule has 3 aromatic heterocycles. The Bertz CT molecular complexity index is 4610. The lowest BCUT2D eigenvalue weighted by Crippen LogP contribution is -2.25. The molecule has 88 heavy (non-hydrogen) atoms. The molecule has 0 aliphatic heterocycles. The lowest BCUT2D eigenvalue weighted by Gasteiger charge is -2.21. The highest BCUT2D eigenvalue weighted by atomic mass is 16.7. The second kappa shape index (κ2) is 24.0. The second-order valence-electron chi connectivity index (χ2n) is 21.9. The van der Waals surface area contributed by atoms with E-state index in [2.05, 4.69) is 224 Å². The fraction of sp³-hybridized carbons (Fsp3) is 0.0122. The van der Waals surface area contributed by atoms with Gasteiger partial charge in [0.15, 0.2) is 0 Å². The molecule has 14 rings (SSSR count). The average molecular weight is 1130 g/mol. The van der Waals surface area contributed by atoms with Crippen LogP contribution in [-0.4, -0.2) is 30.3 Å². The Morgan fingerprint density at radius 3 is 0.818 bits per heavy atom. The zero-order valence-corrected chi connectivity index (χ0v) is 47.9. The van der Waals surface area contributed by atoms with Gasteiger partial charge in [0.05, 0.1) is 22.6 Å². The lowest BCUT2D eigenvalue weighted by atomic mass is 9.83. The zero-order chi connectivity index (χ0) is 59.4. The average Bonchev–Trinajstić information content (AvgIpc) is 2.45. The quantitative estimate of drug-likeness (QED) is 0.0939. The maximum absolute atomic E-state index is 10.8. The second-order valence-corrected chi connectivity index (χ2v) is 21.9. The molecular formula is C82H57N3O3. The van der Waals surface area contributed by atoms with Crippen LogP contribution in [0.5, 0.6) is 0 Å². The summed E-state index contributed by atoms with van der Waals surface area (Å²) in [5.41, 5.74) is 25.1. The monoisotopic (exact) mass is 1130 g/mol. The number of benzene rings is 11. The van der Waals surface area contributed by atoms with Crippen molar-refractivity contribution in [2.45, 2.75) is 5.97 Å². The van der Waals surface area contributed by atoms with E-state index in [4.69, 9.17) is 15.0 Å². The van der Waals surface area contributed by atoms with Crippen LogP contribution in [-0.2, 0) is 5.97 Å². The van der Waals surface area contributed by atoms with Crippen LogP contribution in [0, 0.1) is 0 Å². The molecule has 0 saturated heterocycles. The SMILES string of the molecule is OC(O)(O)c1cc(-c2ccc(-c3ccccc3-c3cc(-c4ccccc4-c4ccc(-c5ccccn5)cc4-c4ccccc4)cc(-c4ccccc4-c4ccc(-c5ccccn5)cc4-c4ccccc4)c3)c(-c3ccccc3)c2)ncc1-c1ccccc1. The van der Waals surface area contributed by atoms with E-state index >= 15 is 0 Å². The van der Waals surface area contributed by atoms with E-state index in [0.29, 0.717) is 16.8 Å². The van der Waals surface area contributed by atoms with Gasteiger partial charge in [-0.05, 0) is 172 Å². The summed E-state index contributed by atoms with van der Waals surface area (Å²) in [5, 5.41) is 32.4. The molecule has 6 nitrogen and oxygen atoms in total. The molecular weight excluding hydrogens is 1070 g/mol. The van der Waals surface area contributed by atoms with Gasteiger partial charge in [0.1, 0.15) is 0 Å². The van der Waals surface area contributed by atoms with Crippen molar-refractivity contribution in [3.63, 3.8) is 0 Å². The van der Waals surface area contributed by atoms with Crippen LogP contribution in [0.15, 0.2) is 328 Å². The van der Waals surface area contributed by atoms with Crippen LogP contribution in [0.3, 0.4) is 0 Å². The van der Waals surface area contributed by atoms with Crippen molar-refractivity contribution >= 4 is 0 Å². The fourth-order valence-corrected chi connectivity index (χ4v) is 12.2.